The van der Waals surface area contributed by atoms with Crippen molar-refractivity contribution in [3.05, 3.63) is 24.0 Å². The molecule has 0 aliphatic rings. The Bertz CT molecular complexity index is 526. The summed E-state index contributed by atoms with van der Waals surface area (Å²) in [5, 5.41) is 11.4. The first-order valence-corrected chi connectivity index (χ1v) is 6.31. The van der Waals surface area contributed by atoms with E-state index in [4.69, 9.17) is 11.0 Å². The highest BCUT2D eigenvalue weighted by molar-refractivity contribution is 5.94. The van der Waals surface area contributed by atoms with Crippen molar-refractivity contribution < 1.29 is 9.18 Å². The van der Waals surface area contributed by atoms with Crippen LogP contribution in [-0.4, -0.2) is 30.4 Å². The molecule has 3 N–H and O–H groups in total. The molecule has 2 atom stereocenters. The maximum atomic E-state index is 13.0. The second kappa shape index (κ2) is 6.87. The van der Waals surface area contributed by atoms with Crippen molar-refractivity contribution in [1.29, 1.82) is 5.26 Å². The number of nitrogens with one attached hydrogen (secondary N) is 1. The van der Waals surface area contributed by atoms with E-state index in [1.807, 2.05) is 0 Å². The Labute approximate surface area is 118 Å². The summed E-state index contributed by atoms with van der Waals surface area (Å²) in [7, 11) is 1.77. The van der Waals surface area contributed by atoms with Crippen LogP contribution >= 0.6 is 0 Å². The summed E-state index contributed by atoms with van der Waals surface area (Å²) in [4.78, 5) is 13.8. The molecule has 0 saturated heterocycles. The molecule has 1 rings (SSSR count). The van der Waals surface area contributed by atoms with Gasteiger partial charge in [0.2, 0.25) is 5.91 Å². The molecule has 0 heterocycles. The number of nitrogens with zero attached hydrogens (tertiary/aromatic N) is 2. The van der Waals surface area contributed by atoms with Crippen LogP contribution in [0, 0.1) is 23.1 Å². The van der Waals surface area contributed by atoms with Crippen LogP contribution in [0.25, 0.3) is 0 Å². The molecule has 6 heteroatoms. The van der Waals surface area contributed by atoms with E-state index in [1.165, 1.54) is 18.2 Å². The predicted octanol–water partition coefficient (Wildman–Crippen LogP) is 1.83. The molecule has 0 aliphatic carbocycles. The first kappa shape index (κ1) is 15.9. The van der Waals surface area contributed by atoms with Gasteiger partial charge in [0.1, 0.15) is 5.82 Å². The molecule has 0 fully saturated rings. The number of nitrogen functional groups attached to an aromatic ring is 1. The Morgan fingerprint density at radius 1 is 1.55 bits per heavy atom. The molecule has 108 valence electrons. The number of hydrogen-bond donors (Lipinski definition) is 2. The number of benzene rings is 1. The van der Waals surface area contributed by atoms with Gasteiger partial charge in [-0.25, -0.2) is 4.39 Å². The molecule has 20 heavy (non-hydrogen) atoms. The van der Waals surface area contributed by atoms with Gasteiger partial charge in [-0.05, 0) is 39.1 Å². The lowest BCUT2D eigenvalue weighted by molar-refractivity contribution is -0.120. The Morgan fingerprint density at radius 2 is 2.20 bits per heavy atom. The van der Waals surface area contributed by atoms with E-state index in [1.54, 1.807) is 25.8 Å². The molecule has 0 radical (unpaired) electrons. The number of hydrogen-bond acceptors (Lipinski definition) is 4. The third kappa shape index (κ3) is 4.21. The van der Waals surface area contributed by atoms with Gasteiger partial charge in [0, 0.05) is 12.2 Å². The van der Waals surface area contributed by atoms with E-state index in [9.17, 15) is 9.18 Å². The van der Waals surface area contributed by atoms with Crippen LogP contribution in [0.1, 0.15) is 13.8 Å². The topological polar surface area (TPSA) is 82.2 Å². The van der Waals surface area contributed by atoms with Gasteiger partial charge in [0.15, 0.2) is 0 Å². The van der Waals surface area contributed by atoms with Crippen molar-refractivity contribution in [2.45, 2.75) is 19.9 Å². The standard InChI is InChI=1S/C14H19FN4O/c1-9(7-16)8-19(3)10(2)14(20)18-11-4-5-12(15)13(17)6-11/h4-6,9-10H,8,17H2,1-3H3,(H,18,20). The summed E-state index contributed by atoms with van der Waals surface area (Å²) >= 11 is 0. The third-order valence-corrected chi connectivity index (χ3v) is 3.09. The van der Waals surface area contributed by atoms with E-state index in [-0.39, 0.29) is 17.5 Å². The number of nitrogens with two attached hydrogens (primary N) is 1. The maximum Gasteiger partial charge on any atom is 0.241 e. The van der Waals surface area contributed by atoms with Crippen molar-refractivity contribution in [1.82, 2.24) is 4.90 Å². The molecule has 5 nitrogen and oxygen atoms in total. The van der Waals surface area contributed by atoms with Crippen molar-refractivity contribution in [2.24, 2.45) is 5.92 Å². The second-order valence-corrected chi connectivity index (χ2v) is 4.87. The summed E-state index contributed by atoms with van der Waals surface area (Å²) in [6, 6.07) is 5.75. The zero-order chi connectivity index (χ0) is 15.3. The van der Waals surface area contributed by atoms with Crippen molar-refractivity contribution in [3.8, 4) is 6.07 Å². The maximum absolute atomic E-state index is 13.0. The average molecular weight is 278 g/mol. The van der Waals surface area contributed by atoms with Gasteiger partial charge in [-0.15, -0.1) is 0 Å². The fourth-order valence-corrected chi connectivity index (χ4v) is 1.70. The van der Waals surface area contributed by atoms with Gasteiger partial charge >= 0.3 is 0 Å². The minimum absolute atomic E-state index is 0.0121. The zero-order valence-electron chi connectivity index (χ0n) is 11.9. The first-order valence-electron chi connectivity index (χ1n) is 6.31. The number of anilines is 2. The van der Waals surface area contributed by atoms with Crippen LogP contribution in [0.15, 0.2) is 18.2 Å². The summed E-state index contributed by atoms with van der Waals surface area (Å²) in [5.74, 6) is -0.906. The Kier molecular flexibility index (Phi) is 5.47. The number of carbonyl (C=O) groups is 1. The number of carbonyl (C=O) groups excluding carboxylic acids is 1. The highest BCUT2D eigenvalue weighted by Crippen LogP contribution is 2.17. The Balaban J connectivity index is 2.65. The lowest BCUT2D eigenvalue weighted by Crippen LogP contribution is -2.41. The molecule has 1 aromatic rings. The van der Waals surface area contributed by atoms with Crippen molar-refractivity contribution in [3.63, 3.8) is 0 Å². The van der Waals surface area contributed by atoms with E-state index in [2.05, 4.69) is 11.4 Å². The normalized spacial score (nSPS) is 13.6. The van der Waals surface area contributed by atoms with Crippen LogP contribution in [-0.2, 0) is 4.79 Å². The monoisotopic (exact) mass is 278 g/mol. The number of rotatable bonds is 5. The fourth-order valence-electron chi connectivity index (χ4n) is 1.70. The highest BCUT2D eigenvalue weighted by Gasteiger charge is 2.19. The van der Waals surface area contributed by atoms with Crippen LogP contribution in [0.3, 0.4) is 0 Å². The smallest absolute Gasteiger partial charge is 0.241 e. The van der Waals surface area contributed by atoms with Crippen LogP contribution in [0.4, 0.5) is 15.8 Å². The summed E-state index contributed by atoms with van der Waals surface area (Å²) in [6.07, 6.45) is 0. The SMILES string of the molecule is CC(C#N)CN(C)C(C)C(=O)Nc1ccc(F)c(N)c1. The molecule has 2 unspecified atom stereocenters. The van der Waals surface area contributed by atoms with Crippen LogP contribution in [0.2, 0.25) is 0 Å². The fraction of sp³-hybridized carbons (Fsp3) is 0.429. The molecule has 0 bridgehead atoms. The van der Waals surface area contributed by atoms with Gasteiger partial charge < -0.3 is 11.1 Å². The second-order valence-electron chi connectivity index (χ2n) is 4.87. The minimum atomic E-state index is -0.518. The summed E-state index contributed by atoms with van der Waals surface area (Å²) < 4.78 is 13.0. The van der Waals surface area contributed by atoms with Crippen molar-refractivity contribution >= 4 is 17.3 Å². The quantitative estimate of drug-likeness (QED) is 0.805. The van der Waals surface area contributed by atoms with Gasteiger partial charge in [-0.2, -0.15) is 5.26 Å². The van der Waals surface area contributed by atoms with Gasteiger partial charge in [0.25, 0.3) is 0 Å². The predicted molar refractivity (Wildman–Crippen MR) is 76.3 cm³/mol. The lowest BCUT2D eigenvalue weighted by Gasteiger charge is -2.24. The number of likely N-dealkylation sites (N-methyl/N-ethyl adjacent to an activating group) is 1. The van der Waals surface area contributed by atoms with Gasteiger partial charge in [-0.3, -0.25) is 9.69 Å². The first-order chi connectivity index (χ1) is 9.35. The summed E-state index contributed by atoms with van der Waals surface area (Å²) in [5.41, 5.74) is 5.88. The minimum Gasteiger partial charge on any atom is -0.396 e. The molecular weight excluding hydrogens is 259 g/mol. The molecule has 0 saturated carbocycles. The zero-order valence-corrected chi connectivity index (χ0v) is 11.9. The van der Waals surface area contributed by atoms with Crippen molar-refractivity contribution in [2.75, 3.05) is 24.6 Å². The van der Waals surface area contributed by atoms with Gasteiger partial charge in [-0.1, -0.05) is 0 Å². The Hall–Kier alpha value is -2.13. The molecule has 1 amide bonds. The molecule has 1 aromatic carbocycles. The number of amides is 1. The molecule has 0 aliphatic heterocycles. The third-order valence-electron chi connectivity index (χ3n) is 3.09. The van der Waals surface area contributed by atoms with E-state index in [0.717, 1.165) is 0 Å². The lowest BCUT2D eigenvalue weighted by atomic mass is 10.1. The number of halogens is 1. The van der Waals surface area contributed by atoms with Gasteiger partial charge in [0.05, 0.1) is 23.7 Å². The van der Waals surface area contributed by atoms with Crippen LogP contribution in [0.5, 0.6) is 0 Å². The van der Waals surface area contributed by atoms with E-state index >= 15 is 0 Å². The van der Waals surface area contributed by atoms with E-state index < -0.39 is 11.9 Å². The average Bonchev–Trinajstić information content (AvgIpc) is 2.41. The number of nitriles is 1. The Morgan fingerprint density at radius 3 is 2.75 bits per heavy atom. The highest BCUT2D eigenvalue weighted by atomic mass is 19.1. The summed E-state index contributed by atoms with van der Waals surface area (Å²) in [6.45, 7) is 4.03. The van der Waals surface area contributed by atoms with Crippen LogP contribution < -0.4 is 11.1 Å². The molecular formula is C14H19FN4O. The molecule has 0 spiro atoms. The van der Waals surface area contributed by atoms with E-state index in [0.29, 0.717) is 12.2 Å². The molecule has 0 aromatic heterocycles. The largest absolute Gasteiger partial charge is 0.396 e.